The zero-order valence-corrected chi connectivity index (χ0v) is 32.7. The number of ether oxygens (including phenoxy) is 1. The van der Waals surface area contributed by atoms with Gasteiger partial charge in [-0.1, -0.05) is 71.2 Å². The molecule has 0 saturated heterocycles. The zero-order valence-electron chi connectivity index (χ0n) is 25.0. The highest BCUT2D eigenvalue weighted by Crippen LogP contribution is 2.53. The molecule has 1 aliphatic rings. The van der Waals surface area contributed by atoms with Crippen LogP contribution in [0.5, 0.6) is 5.75 Å². The summed E-state index contributed by atoms with van der Waals surface area (Å²) in [5, 5.41) is 2.56. The van der Waals surface area contributed by atoms with E-state index in [1.165, 1.54) is 13.1 Å². The van der Waals surface area contributed by atoms with Gasteiger partial charge in [0.2, 0.25) is 0 Å². The largest absolute Gasteiger partial charge is 0.530 e. The van der Waals surface area contributed by atoms with E-state index in [-0.39, 0.29) is 19.0 Å². The average Bonchev–Trinajstić information content (AvgIpc) is 3.05. The van der Waals surface area contributed by atoms with Crippen molar-refractivity contribution in [3.63, 3.8) is 0 Å². The molecular weight excluding hydrogens is 820 g/mol. The molecule has 3 aromatic rings. The predicted octanol–water partition coefficient (Wildman–Crippen LogP) is 11.9. The first-order chi connectivity index (χ1) is 22.2. The third-order valence-electron chi connectivity index (χ3n) is 6.06. The molecule has 0 aliphatic heterocycles. The Morgan fingerprint density at radius 3 is 1.79 bits per heavy atom. The van der Waals surface area contributed by atoms with Gasteiger partial charge in [0.25, 0.3) is 0 Å². The lowest BCUT2D eigenvalue weighted by atomic mass is 9.97. The van der Waals surface area contributed by atoms with Crippen LogP contribution in [0.3, 0.4) is 0 Å². The Morgan fingerprint density at radius 2 is 1.32 bits per heavy atom. The summed E-state index contributed by atoms with van der Waals surface area (Å²) in [6.45, 7) is 3.69. The fourth-order valence-corrected chi connectivity index (χ4v) is 8.09. The first-order valence-electron chi connectivity index (χ1n) is 13.8. The molecule has 1 aliphatic carbocycles. The van der Waals surface area contributed by atoms with Crippen molar-refractivity contribution in [1.82, 2.24) is 5.32 Å². The van der Waals surface area contributed by atoms with E-state index in [0.29, 0.717) is 21.4 Å². The molecule has 0 bridgehead atoms. The summed E-state index contributed by atoms with van der Waals surface area (Å²) in [6.07, 6.45) is -0.452. The molecule has 1 N–H and O–H groups in total. The van der Waals surface area contributed by atoms with Gasteiger partial charge in [-0.05, 0) is 43.5 Å². The third-order valence-corrected chi connectivity index (χ3v) is 12.4. The summed E-state index contributed by atoms with van der Waals surface area (Å²) < 4.78 is 32.8. The van der Waals surface area contributed by atoms with E-state index in [1.54, 1.807) is 32.0 Å². The van der Waals surface area contributed by atoms with Crippen LogP contribution < -0.4 is 10.1 Å². The first-order valence-corrected chi connectivity index (χ1v) is 19.1. The van der Waals surface area contributed by atoms with Crippen LogP contribution in [0.25, 0.3) is 16.5 Å². The molecule has 0 spiro atoms. The summed E-state index contributed by atoms with van der Waals surface area (Å²) in [5.74, 6) is 0.658. The Kier molecular flexibility index (Phi) is 19.1. The van der Waals surface area contributed by atoms with Crippen LogP contribution in [0, 0.1) is 0 Å². The van der Waals surface area contributed by atoms with Crippen molar-refractivity contribution < 1.29 is 27.7 Å². The van der Waals surface area contributed by atoms with E-state index in [9.17, 15) is 9.36 Å². The molecule has 1 fully saturated rings. The second kappa shape index (κ2) is 21.0. The molecule has 0 aromatic heterocycles. The smallest absolute Gasteiger partial charge is 0.410 e. The van der Waals surface area contributed by atoms with Crippen LogP contribution in [-0.4, -0.2) is 58.6 Å². The van der Waals surface area contributed by atoms with E-state index in [4.69, 9.17) is 123 Å². The predicted molar refractivity (Wildman–Crippen MR) is 199 cm³/mol. The average molecular weight is 852 g/mol. The van der Waals surface area contributed by atoms with Crippen molar-refractivity contribution in [1.29, 1.82) is 0 Å². The quantitative estimate of drug-likeness (QED) is 0.138. The number of carbonyl (C=O) groups is 1. The molecule has 47 heavy (non-hydrogen) atoms. The van der Waals surface area contributed by atoms with Gasteiger partial charge in [-0.15, -0.1) is 69.6 Å². The number of halogens is 9. The van der Waals surface area contributed by atoms with Crippen LogP contribution in [0.4, 0.5) is 4.79 Å². The monoisotopic (exact) mass is 847 g/mol. The number of carbonyl (C=O) groups excluding carboxylic acids is 1. The normalized spacial score (nSPS) is 22.7. The highest BCUT2D eigenvalue weighted by molar-refractivity contribution is 7.48. The van der Waals surface area contributed by atoms with Crippen LogP contribution in [0.15, 0.2) is 66.2 Å². The van der Waals surface area contributed by atoms with Crippen LogP contribution in [-0.2, 0) is 18.1 Å². The van der Waals surface area contributed by atoms with Crippen LogP contribution in [0.2, 0.25) is 10.0 Å². The number of nitrogens with one attached hydrogen (secondary N) is 1. The number of alkyl halides is 6. The first kappa shape index (κ1) is 42.7. The number of fused-ring (bicyclic) bond motifs is 1. The minimum Gasteiger partial charge on any atom is -0.410 e. The van der Waals surface area contributed by atoms with Gasteiger partial charge in [-0.3, -0.25) is 9.05 Å². The lowest BCUT2D eigenvalue weighted by molar-refractivity contribution is 0.159. The summed E-state index contributed by atoms with van der Waals surface area (Å²) in [6, 6.07) is 18.1. The Bertz CT molecular complexity index is 1460. The standard InChI is InChI=1S/C12H14Cl3O4P.C12H11NO2.C6H6Cl6/c1-3-17-20(16,18-4-2)19-12(8-13)10-6-5-9(14)7-11(10)15;1-13-12(14)15-11-8-4-6-9-5-2-3-7-10(9)11;7-1-2(8)4(10)6(12)5(11)3(1)9/h5-8H,3-4H2,1-2H3;2-8H,1H3,(H,13,14);1-6H/b12-8+;;. The molecular formula is C30H31Cl9NO6P. The second-order valence-electron chi connectivity index (χ2n) is 9.25. The van der Waals surface area contributed by atoms with Gasteiger partial charge >= 0.3 is 13.9 Å². The van der Waals surface area contributed by atoms with E-state index >= 15 is 0 Å². The minimum atomic E-state index is -3.73. The number of phosphoric acid groups is 1. The van der Waals surface area contributed by atoms with Crippen molar-refractivity contribution in [3.05, 3.63) is 81.8 Å². The van der Waals surface area contributed by atoms with Gasteiger partial charge in [0.1, 0.15) is 5.75 Å². The van der Waals surface area contributed by atoms with Gasteiger partial charge in [-0.25, -0.2) is 9.36 Å². The molecule has 0 radical (unpaired) electrons. The molecule has 0 heterocycles. The summed E-state index contributed by atoms with van der Waals surface area (Å²) >= 11 is 52.9. The molecule has 3 aromatic carbocycles. The van der Waals surface area contributed by atoms with E-state index in [0.717, 1.165) is 16.3 Å². The minimum absolute atomic E-state index is 0.0820. The van der Waals surface area contributed by atoms with Crippen molar-refractivity contribution in [3.8, 4) is 5.75 Å². The van der Waals surface area contributed by atoms with Crippen molar-refractivity contribution >= 4 is 135 Å². The van der Waals surface area contributed by atoms with E-state index in [1.807, 2.05) is 36.4 Å². The Morgan fingerprint density at radius 1 is 0.809 bits per heavy atom. The lowest BCUT2D eigenvalue weighted by Crippen LogP contribution is -2.52. The highest BCUT2D eigenvalue weighted by atomic mass is 35.5. The fourth-order valence-electron chi connectivity index (χ4n) is 3.83. The molecule has 7 nitrogen and oxygen atoms in total. The SMILES string of the molecule is CCOP(=O)(OCC)O/C(=C/Cl)c1ccc(Cl)cc1Cl.CNC(=O)Oc1cccc2ccccc12.ClC1C(Cl)C(Cl)C(Cl)C(Cl)C1Cl. The van der Waals surface area contributed by atoms with Gasteiger partial charge in [0.15, 0.2) is 5.76 Å². The number of amides is 1. The van der Waals surface area contributed by atoms with Crippen LogP contribution in [0.1, 0.15) is 19.4 Å². The maximum atomic E-state index is 12.3. The van der Waals surface area contributed by atoms with Gasteiger partial charge in [0, 0.05) is 28.6 Å². The molecule has 0 atom stereocenters. The van der Waals surface area contributed by atoms with Crippen molar-refractivity contribution in [2.75, 3.05) is 20.3 Å². The number of hydrogen-bond acceptors (Lipinski definition) is 6. The number of hydrogen-bond donors (Lipinski definition) is 1. The zero-order chi connectivity index (χ0) is 35.3. The highest BCUT2D eigenvalue weighted by Gasteiger charge is 2.47. The van der Waals surface area contributed by atoms with Crippen molar-refractivity contribution in [2.45, 2.75) is 46.1 Å². The number of rotatable bonds is 8. The topological polar surface area (TPSA) is 83.1 Å². The van der Waals surface area contributed by atoms with E-state index < -0.39 is 46.2 Å². The van der Waals surface area contributed by atoms with Gasteiger partial charge in [0.05, 0.1) is 50.5 Å². The third kappa shape index (κ3) is 12.6. The second-order valence-corrected chi connectivity index (χ2v) is 14.9. The fraction of sp³-hybridized carbons (Fsp3) is 0.367. The Balaban J connectivity index is 0.000000253. The Hall–Kier alpha value is -0.510. The van der Waals surface area contributed by atoms with Crippen LogP contribution >= 0.6 is 112 Å². The van der Waals surface area contributed by atoms with E-state index in [2.05, 4.69) is 5.32 Å². The number of benzene rings is 3. The lowest BCUT2D eigenvalue weighted by Gasteiger charge is -2.37. The molecule has 17 heteroatoms. The summed E-state index contributed by atoms with van der Waals surface area (Å²) in [5.41, 5.74) is 1.55. The molecule has 4 rings (SSSR count). The maximum Gasteiger partial charge on any atom is 0.530 e. The molecule has 260 valence electrons. The Labute approximate surface area is 319 Å². The van der Waals surface area contributed by atoms with Crippen molar-refractivity contribution in [2.24, 2.45) is 0 Å². The molecule has 1 amide bonds. The van der Waals surface area contributed by atoms with Gasteiger partial charge < -0.3 is 14.6 Å². The number of phosphoric ester groups is 1. The molecule has 0 unspecified atom stereocenters. The molecule has 1 saturated carbocycles. The maximum absolute atomic E-state index is 12.3. The summed E-state index contributed by atoms with van der Waals surface area (Å²) in [4.78, 5) is 11.1. The van der Waals surface area contributed by atoms with Gasteiger partial charge in [-0.2, -0.15) is 0 Å². The summed E-state index contributed by atoms with van der Waals surface area (Å²) in [7, 11) is -2.20.